The van der Waals surface area contributed by atoms with Gasteiger partial charge in [0, 0.05) is 25.7 Å². The Bertz CT molecular complexity index is 814. The van der Waals surface area contributed by atoms with Crippen LogP contribution in [0.4, 0.5) is 0 Å². The smallest absolute Gasteiger partial charge is 0.312 e. The van der Waals surface area contributed by atoms with Crippen LogP contribution in [0, 0.1) is 11.8 Å². The van der Waals surface area contributed by atoms with Gasteiger partial charge in [-0.1, -0.05) is 25.0 Å². The van der Waals surface area contributed by atoms with E-state index in [9.17, 15) is 14.4 Å². The third kappa shape index (κ3) is 5.54. The summed E-state index contributed by atoms with van der Waals surface area (Å²) >= 11 is 0. The summed E-state index contributed by atoms with van der Waals surface area (Å²) in [7, 11) is 0. The predicted octanol–water partition coefficient (Wildman–Crippen LogP) is 3.24. The van der Waals surface area contributed by atoms with Crippen molar-refractivity contribution in [2.75, 3.05) is 26.3 Å². The first-order chi connectivity index (χ1) is 17.3. The van der Waals surface area contributed by atoms with Crippen molar-refractivity contribution in [2.24, 2.45) is 11.8 Å². The van der Waals surface area contributed by atoms with E-state index in [0.717, 1.165) is 44.9 Å². The van der Waals surface area contributed by atoms with Crippen LogP contribution in [0.2, 0.25) is 0 Å². The van der Waals surface area contributed by atoms with Crippen molar-refractivity contribution < 1.29 is 29.0 Å². The zero-order valence-corrected chi connectivity index (χ0v) is 22.0. The minimum atomic E-state index is -0.995. The lowest BCUT2D eigenvalue weighted by Gasteiger charge is -2.38. The van der Waals surface area contributed by atoms with Crippen molar-refractivity contribution in [3.05, 3.63) is 25.3 Å². The van der Waals surface area contributed by atoms with Crippen molar-refractivity contribution in [2.45, 2.75) is 95.4 Å². The molecule has 202 valence electrons. The summed E-state index contributed by atoms with van der Waals surface area (Å²) in [6.07, 6.45) is 10.0. The Hall–Kier alpha value is -2.19. The van der Waals surface area contributed by atoms with Crippen LogP contribution in [-0.4, -0.2) is 82.8 Å². The van der Waals surface area contributed by atoms with E-state index < -0.39 is 29.6 Å². The van der Waals surface area contributed by atoms with Gasteiger partial charge in [-0.2, -0.15) is 0 Å². The van der Waals surface area contributed by atoms with Gasteiger partial charge in [-0.15, -0.1) is 13.2 Å². The quantitative estimate of drug-likeness (QED) is 0.197. The number of amides is 2. The highest BCUT2D eigenvalue weighted by Crippen LogP contribution is 2.58. The lowest BCUT2D eigenvalue weighted by molar-refractivity contribution is -0.155. The SMILES string of the molecule is C=CCCCCOC(=O)[C@@H]1[C@H]2C(=O)N(CCCCCCO)C(C(=O)N(CC=C)C(C)C)C23CC[C@H]1O3. The standard InChI is InChI=1S/C28H44N2O6/c1-5-7-8-13-19-35-27(34)22-21-14-15-28(36-21)23(22)25(32)30(17-11-9-10-12-18-31)24(28)26(33)29(16-6-2)20(3)4/h5-6,20-24,31H,1-2,7-19H2,3-4H3/t21-,22+,23+,24?,28?/m1/s1. The van der Waals surface area contributed by atoms with E-state index in [0.29, 0.717) is 32.5 Å². The number of ether oxygens (including phenoxy) is 2. The number of carbonyl (C=O) groups is 3. The van der Waals surface area contributed by atoms with Crippen LogP contribution in [0.5, 0.6) is 0 Å². The Balaban J connectivity index is 1.84. The van der Waals surface area contributed by atoms with Crippen LogP contribution in [0.15, 0.2) is 25.3 Å². The molecule has 1 spiro atoms. The van der Waals surface area contributed by atoms with Crippen LogP contribution in [0.3, 0.4) is 0 Å². The third-order valence-corrected chi connectivity index (χ3v) is 7.89. The van der Waals surface area contributed by atoms with E-state index in [2.05, 4.69) is 13.2 Å². The number of allylic oxidation sites excluding steroid dienone is 1. The molecule has 0 aromatic carbocycles. The van der Waals surface area contributed by atoms with Gasteiger partial charge >= 0.3 is 5.97 Å². The van der Waals surface area contributed by atoms with E-state index >= 15 is 0 Å². The van der Waals surface area contributed by atoms with E-state index in [1.807, 2.05) is 19.9 Å². The summed E-state index contributed by atoms with van der Waals surface area (Å²) in [5.74, 6) is -2.07. The fourth-order valence-corrected chi connectivity index (χ4v) is 6.20. The number of likely N-dealkylation sites (tertiary alicyclic amines) is 1. The third-order valence-electron chi connectivity index (χ3n) is 7.89. The van der Waals surface area contributed by atoms with Crippen molar-refractivity contribution >= 4 is 17.8 Å². The molecule has 3 rings (SSSR count). The Labute approximate surface area is 215 Å². The first-order valence-corrected chi connectivity index (χ1v) is 13.6. The summed E-state index contributed by atoms with van der Waals surface area (Å²) in [5.41, 5.74) is -0.995. The molecule has 3 aliphatic heterocycles. The second-order valence-electron chi connectivity index (χ2n) is 10.6. The normalized spacial score (nSPS) is 28.4. The molecule has 3 aliphatic rings. The molecule has 8 heteroatoms. The zero-order chi connectivity index (χ0) is 26.3. The van der Waals surface area contributed by atoms with Gasteiger partial charge < -0.3 is 24.4 Å². The number of unbranched alkanes of at least 4 members (excludes halogenated alkanes) is 5. The van der Waals surface area contributed by atoms with Crippen molar-refractivity contribution in [3.8, 4) is 0 Å². The highest BCUT2D eigenvalue weighted by atomic mass is 16.6. The lowest BCUT2D eigenvalue weighted by Crippen LogP contribution is -2.57. The second-order valence-corrected chi connectivity index (χ2v) is 10.6. The Morgan fingerprint density at radius 1 is 1.19 bits per heavy atom. The number of hydrogen-bond acceptors (Lipinski definition) is 6. The van der Waals surface area contributed by atoms with Crippen LogP contribution in [0.25, 0.3) is 0 Å². The molecule has 0 aromatic rings. The fourth-order valence-electron chi connectivity index (χ4n) is 6.20. The highest BCUT2D eigenvalue weighted by Gasteiger charge is 2.75. The summed E-state index contributed by atoms with van der Waals surface area (Å²) < 4.78 is 12.1. The Morgan fingerprint density at radius 2 is 1.94 bits per heavy atom. The molecule has 0 saturated carbocycles. The van der Waals surface area contributed by atoms with Crippen molar-refractivity contribution in [1.82, 2.24) is 9.80 Å². The minimum absolute atomic E-state index is 0.0672. The summed E-state index contributed by atoms with van der Waals surface area (Å²) in [4.78, 5) is 44.5. The molecular weight excluding hydrogens is 460 g/mol. The largest absolute Gasteiger partial charge is 0.465 e. The van der Waals surface area contributed by atoms with Gasteiger partial charge in [-0.05, 0) is 58.8 Å². The monoisotopic (exact) mass is 504 g/mol. The van der Waals surface area contributed by atoms with Gasteiger partial charge in [0.15, 0.2) is 0 Å². The summed E-state index contributed by atoms with van der Waals surface area (Å²) in [6, 6.07) is -0.826. The van der Waals surface area contributed by atoms with Crippen molar-refractivity contribution in [3.63, 3.8) is 0 Å². The zero-order valence-electron chi connectivity index (χ0n) is 22.0. The molecule has 36 heavy (non-hydrogen) atoms. The minimum Gasteiger partial charge on any atom is -0.465 e. The molecule has 3 fully saturated rings. The van der Waals surface area contributed by atoms with Gasteiger partial charge in [-0.25, -0.2) is 0 Å². The number of esters is 1. The summed E-state index contributed by atoms with van der Waals surface area (Å²) in [6.45, 7) is 12.7. The first kappa shape index (κ1) is 28.4. The number of rotatable bonds is 16. The molecular formula is C28H44N2O6. The van der Waals surface area contributed by atoms with E-state index in [1.165, 1.54) is 0 Å². The molecule has 2 unspecified atom stereocenters. The van der Waals surface area contributed by atoms with Crippen molar-refractivity contribution in [1.29, 1.82) is 0 Å². The number of fused-ring (bicyclic) bond motifs is 1. The molecule has 0 radical (unpaired) electrons. The molecule has 8 nitrogen and oxygen atoms in total. The van der Waals surface area contributed by atoms with Crippen LogP contribution < -0.4 is 0 Å². The number of aliphatic hydroxyl groups excluding tert-OH is 1. The van der Waals surface area contributed by atoms with Gasteiger partial charge in [0.25, 0.3) is 0 Å². The lowest BCUT2D eigenvalue weighted by atomic mass is 9.70. The second kappa shape index (κ2) is 12.9. The van der Waals surface area contributed by atoms with Gasteiger partial charge in [0.1, 0.15) is 11.6 Å². The molecule has 2 bridgehead atoms. The predicted molar refractivity (Wildman–Crippen MR) is 137 cm³/mol. The van der Waals surface area contributed by atoms with E-state index in [-0.39, 0.29) is 30.4 Å². The highest BCUT2D eigenvalue weighted by molar-refractivity contribution is 5.98. The van der Waals surface area contributed by atoms with Gasteiger partial charge in [0.2, 0.25) is 11.8 Å². The fraction of sp³-hybridized carbons (Fsp3) is 0.750. The number of aliphatic hydroxyl groups is 1. The summed E-state index contributed by atoms with van der Waals surface area (Å²) in [5, 5.41) is 9.07. The maximum Gasteiger partial charge on any atom is 0.312 e. The van der Waals surface area contributed by atoms with Gasteiger partial charge in [-0.3, -0.25) is 14.4 Å². The number of carbonyl (C=O) groups excluding carboxylic acids is 3. The van der Waals surface area contributed by atoms with E-state index in [1.54, 1.807) is 15.9 Å². The van der Waals surface area contributed by atoms with Crippen LogP contribution >= 0.6 is 0 Å². The van der Waals surface area contributed by atoms with Crippen LogP contribution in [-0.2, 0) is 23.9 Å². The molecule has 0 aromatic heterocycles. The molecule has 3 saturated heterocycles. The average molecular weight is 505 g/mol. The average Bonchev–Trinajstić information content (AvgIpc) is 3.49. The maximum atomic E-state index is 14.0. The molecule has 2 amide bonds. The molecule has 0 aliphatic carbocycles. The molecule has 1 N–H and O–H groups in total. The first-order valence-electron chi connectivity index (χ1n) is 13.6. The number of hydrogen-bond donors (Lipinski definition) is 1. The Kier molecular flexibility index (Phi) is 10.1. The molecule has 3 heterocycles. The van der Waals surface area contributed by atoms with E-state index in [4.69, 9.17) is 14.6 Å². The molecule has 5 atom stereocenters. The van der Waals surface area contributed by atoms with Crippen LogP contribution in [0.1, 0.15) is 71.6 Å². The van der Waals surface area contributed by atoms with Gasteiger partial charge in [0.05, 0.1) is 24.5 Å². The maximum absolute atomic E-state index is 14.0. The topological polar surface area (TPSA) is 96.4 Å². The Morgan fingerprint density at radius 3 is 2.61 bits per heavy atom. The number of nitrogens with zero attached hydrogens (tertiary/aromatic N) is 2.